The lowest BCUT2D eigenvalue weighted by atomic mass is 10.00. The van der Waals surface area contributed by atoms with Crippen LogP contribution in [-0.4, -0.2) is 15.4 Å². The number of H-pyrrole nitrogens is 1. The van der Waals surface area contributed by atoms with Crippen LogP contribution in [0.2, 0.25) is 0 Å². The lowest BCUT2D eigenvalue weighted by Gasteiger charge is -2.09. The molecule has 2 rings (SSSR count). The van der Waals surface area contributed by atoms with Crippen LogP contribution in [0.4, 0.5) is 5.69 Å². The van der Waals surface area contributed by atoms with E-state index in [-0.39, 0.29) is 0 Å². The van der Waals surface area contributed by atoms with Crippen LogP contribution in [0.5, 0.6) is 0 Å². The Bertz CT molecular complexity index is 545. The number of aromatic nitrogens is 3. The number of nitrogen functional groups attached to an aromatic ring is 1. The predicted octanol–water partition coefficient (Wildman–Crippen LogP) is 4.14. The maximum absolute atomic E-state index is 6.21. The molecule has 3 N–H and O–H groups in total. The van der Waals surface area contributed by atoms with E-state index in [4.69, 9.17) is 5.73 Å². The Morgan fingerprint density at radius 3 is 2.55 bits per heavy atom. The fraction of sp³-hybridized carbons (Fsp3) is 0.625. The highest BCUT2D eigenvalue weighted by Crippen LogP contribution is 2.26. The number of hydrogen-bond acceptors (Lipinski definition) is 3. The zero-order chi connectivity index (χ0) is 14.4. The van der Waals surface area contributed by atoms with E-state index in [0.29, 0.717) is 0 Å². The molecule has 0 atom stereocenters. The number of nitrogens with zero attached hydrogens (tertiary/aromatic N) is 2. The monoisotopic (exact) mass is 274 g/mol. The Hall–Kier alpha value is -1.58. The fourth-order valence-corrected chi connectivity index (χ4v) is 2.71. The number of anilines is 1. The van der Waals surface area contributed by atoms with E-state index in [9.17, 15) is 0 Å². The molecule has 110 valence electrons. The highest BCUT2D eigenvalue weighted by molar-refractivity contribution is 5.84. The lowest BCUT2D eigenvalue weighted by Crippen LogP contribution is -1.99. The summed E-state index contributed by atoms with van der Waals surface area (Å²) >= 11 is 0. The van der Waals surface area contributed by atoms with Gasteiger partial charge in [-0.15, -0.1) is 5.10 Å². The van der Waals surface area contributed by atoms with Gasteiger partial charge in [0.15, 0.2) is 0 Å². The van der Waals surface area contributed by atoms with Gasteiger partial charge in [0, 0.05) is 11.3 Å². The van der Waals surface area contributed by atoms with Gasteiger partial charge in [-0.25, -0.2) is 0 Å². The molecule has 0 aliphatic rings. The van der Waals surface area contributed by atoms with Gasteiger partial charge in [0.25, 0.3) is 0 Å². The summed E-state index contributed by atoms with van der Waals surface area (Å²) in [7, 11) is 0. The van der Waals surface area contributed by atoms with Crippen LogP contribution in [0.25, 0.3) is 11.0 Å². The highest BCUT2D eigenvalue weighted by atomic mass is 15.3. The van der Waals surface area contributed by atoms with Gasteiger partial charge in [-0.05, 0) is 31.4 Å². The van der Waals surface area contributed by atoms with Crippen LogP contribution in [0.3, 0.4) is 0 Å². The molecule has 0 fully saturated rings. The molecule has 20 heavy (non-hydrogen) atoms. The Labute approximate surface area is 121 Å². The van der Waals surface area contributed by atoms with Crippen LogP contribution >= 0.6 is 0 Å². The van der Waals surface area contributed by atoms with Crippen LogP contribution in [0, 0.1) is 6.92 Å². The summed E-state index contributed by atoms with van der Waals surface area (Å²) in [6, 6.07) is 2.11. The molecule has 4 nitrogen and oxygen atoms in total. The molecular formula is C16H26N4. The van der Waals surface area contributed by atoms with Crippen LogP contribution < -0.4 is 5.73 Å². The number of benzene rings is 1. The molecule has 0 saturated carbocycles. The smallest absolute Gasteiger partial charge is 0.117 e. The van der Waals surface area contributed by atoms with Crippen molar-refractivity contribution in [2.75, 3.05) is 5.73 Å². The summed E-state index contributed by atoms with van der Waals surface area (Å²) < 4.78 is 0. The minimum absolute atomic E-state index is 0.886. The first kappa shape index (κ1) is 14.8. The molecule has 4 heteroatoms. The summed E-state index contributed by atoms with van der Waals surface area (Å²) in [6.07, 6.45) is 10.3. The van der Waals surface area contributed by atoms with Crippen molar-refractivity contribution in [3.8, 4) is 0 Å². The number of rotatable bonds is 8. The number of aromatic amines is 1. The average Bonchev–Trinajstić information content (AvgIpc) is 2.91. The normalized spacial score (nSPS) is 11.3. The molecule has 0 radical (unpaired) electrons. The average molecular weight is 274 g/mol. The molecule has 0 unspecified atom stereocenters. The van der Waals surface area contributed by atoms with Crippen LogP contribution in [0.1, 0.15) is 63.0 Å². The molecule has 0 amide bonds. The van der Waals surface area contributed by atoms with Gasteiger partial charge in [0.2, 0.25) is 0 Å². The van der Waals surface area contributed by atoms with E-state index in [2.05, 4.69) is 28.4 Å². The summed E-state index contributed by atoms with van der Waals surface area (Å²) in [6.45, 7) is 4.28. The topological polar surface area (TPSA) is 67.6 Å². The van der Waals surface area contributed by atoms with Gasteiger partial charge >= 0.3 is 0 Å². The minimum Gasteiger partial charge on any atom is -0.398 e. The molecule has 2 aromatic rings. The minimum atomic E-state index is 0.886. The molecule has 0 aliphatic heterocycles. The predicted molar refractivity (Wildman–Crippen MR) is 84.7 cm³/mol. The van der Waals surface area contributed by atoms with Crippen molar-refractivity contribution < 1.29 is 0 Å². The van der Waals surface area contributed by atoms with Gasteiger partial charge in [0.05, 0.1) is 5.52 Å². The highest BCUT2D eigenvalue weighted by Gasteiger charge is 2.09. The molecule has 0 spiro atoms. The zero-order valence-electron chi connectivity index (χ0n) is 12.7. The number of aryl methyl sites for hydroxylation is 2. The van der Waals surface area contributed by atoms with Crippen molar-refractivity contribution in [1.29, 1.82) is 0 Å². The fourth-order valence-electron chi connectivity index (χ4n) is 2.71. The van der Waals surface area contributed by atoms with E-state index >= 15 is 0 Å². The summed E-state index contributed by atoms with van der Waals surface area (Å²) in [5.74, 6) is 0. The number of nitrogens with one attached hydrogen (secondary N) is 1. The molecule has 1 heterocycles. The van der Waals surface area contributed by atoms with Gasteiger partial charge in [-0.1, -0.05) is 50.7 Å². The van der Waals surface area contributed by atoms with Crippen molar-refractivity contribution in [2.45, 2.75) is 65.2 Å². The molecule has 0 bridgehead atoms. The van der Waals surface area contributed by atoms with E-state index < -0.39 is 0 Å². The van der Waals surface area contributed by atoms with E-state index in [1.54, 1.807) is 0 Å². The number of unbranched alkanes of at least 4 members (excludes halogenated alkanes) is 6. The third-order valence-electron chi connectivity index (χ3n) is 4.05. The van der Waals surface area contributed by atoms with Crippen molar-refractivity contribution in [1.82, 2.24) is 15.4 Å². The largest absolute Gasteiger partial charge is 0.398 e. The maximum atomic E-state index is 6.21. The van der Waals surface area contributed by atoms with Crippen molar-refractivity contribution in [2.24, 2.45) is 0 Å². The second kappa shape index (κ2) is 7.27. The van der Waals surface area contributed by atoms with Crippen molar-refractivity contribution >= 4 is 16.7 Å². The van der Waals surface area contributed by atoms with Gasteiger partial charge < -0.3 is 5.73 Å². The Balaban J connectivity index is 1.85. The lowest BCUT2D eigenvalue weighted by molar-refractivity contribution is 0.589. The Morgan fingerprint density at radius 2 is 1.80 bits per heavy atom. The Kier molecular flexibility index (Phi) is 5.39. The molecule has 1 aromatic heterocycles. The third-order valence-corrected chi connectivity index (χ3v) is 4.05. The van der Waals surface area contributed by atoms with Crippen LogP contribution in [0.15, 0.2) is 6.07 Å². The quantitative estimate of drug-likeness (QED) is 0.561. The summed E-state index contributed by atoms with van der Waals surface area (Å²) in [4.78, 5) is 0. The zero-order valence-corrected chi connectivity index (χ0v) is 12.7. The first-order valence-corrected chi connectivity index (χ1v) is 7.82. The SMILES string of the molecule is CCCCCCCCCc1cc2[nH]nnc2c(C)c1N. The third kappa shape index (κ3) is 3.50. The van der Waals surface area contributed by atoms with Crippen molar-refractivity contribution in [3.05, 3.63) is 17.2 Å². The molecular weight excluding hydrogens is 248 g/mol. The maximum Gasteiger partial charge on any atom is 0.117 e. The standard InChI is InChI=1S/C16H26N4/c1-3-4-5-6-7-8-9-10-13-11-14-16(19-20-18-14)12(2)15(13)17/h11H,3-10,17H2,1-2H3,(H,18,19,20). The first-order valence-electron chi connectivity index (χ1n) is 7.82. The van der Waals surface area contributed by atoms with E-state index in [1.807, 2.05) is 6.92 Å². The second-order valence-electron chi connectivity index (χ2n) is 5.65. The van der Waals surface area contributed by atoms with Crippen LogP contribution in [-0.2, 0) is 6.42 Å². The van der Waals surface area contributed by atoms with Gasteiger partial charge in [-0.3, -0.25) is 5.10 Å². The van der Waals surface area contributed by atoms with E-state index in [0.717, 1.165) is 28.7 Å². The summed E-state index contributed by atoms with van der Waals surface area (Å²) in [5.41, 5.74) is 11.3. The number of fused-ring (bicyclic) bond motifs is 1. The van der Waals surface area contributed by atoms with Gasteiger partial charge in [0.1, 0.15) is 5.52 Å². The van der Waals surface area contributed by atoms with Gasteiger partial charge in [-0.2, -0.15) is 0 Å². The second-order valence-corrected chi connectivity index (χ2v) is 5.65. The first-order chi connectivity index (χ1) is 9.74. The molecule has 0 aliphatic carbocycles. The number of nitrogens with two attached hydrogens (primary N) is 1. The summed E-state index contributed by atoms with van der Waals surface area (Å²) in [5, 5.41) is 10.9. The number of hydrogen-bond donors (Lipinski definition) is 2. The molecule has 1 aromatic carbocycles. The molecule has 0 saturated heterocycles. The Morgan fingerprint density at radius 1 is 1.10 bits per heavy atom. The van der Waals surface area contributed by atoms with Crippen molar-refractivity contribution in [3.63, 3.8) is 0 Å². The van der Waals surface area contributed by atoms with E-state index in [1.165, 1.54) is 50.5 Å².